The average Bonchev–Trinajstić information content (AvgIpc) is 3.16. The molecule has 3 heterocycles. The topological polar surface area (TPSA) is 54.2 Å². The SMILES string of the molecule is OCC1CCCCN1CCCn1ccnc1-c1ccc2ncccc2c1. The summed E-state index contributed by atoms with van der Waals surface area (Å²) >= 11 is 0. The zero-order valence-electron chi connectivity index (χ0n) is 15.1. The van der Waals surface area contributed by atoms with E-state index in [2.05, 4.69) is 49.9 Å². The van der Waals surface area contributed by atoms with Crippen LogP contribution < -0.4 is 0 Å². The fourth-order valence-electron chi connectivity index (χ4n) is 3.97. The summed E-state index contributed by atoms with van der Waals surface area (Å²) in [4.78, 5) is 11.4. The van der Waals surface area contributed by atoms with Crippen LogP contribution in [-0.2, 0) is 6.54 Å². The van der Waals surface area contributed by atoms with Crippen LogP contribution in [0.15, 0.2) is 48.9 Å². The van der Waals surface area contributed by atoms with Gasteiger partial charge in [-0.1, -0.05) is 12.5 Å². The molecule has 4 rings (SSSR count). The Balaban J connectivity index is 1.44. The molecule has 1 atom stereocenters. The molecule has 1 aliphatic heterocycles. The van der Waals surface area contributed by atoms with Crippen LogP contribution in [0.4, 0.5) is 0 Å². The summed E-state index contributed by atoms with van der Waals surface area (Å²) < 4.78 is 2.23. The number of aryl methyl sites for hydroxylation is 1. The average molecular weight is 350 g/mol. The van der Waals surface area contributed by atoms with Gasteiger partial charge in [0.2, 0.25) is 0 Å². The molecule has 1 aliphatic rings. The highest BCUT2D eigenvalue weighted by Gasteiger charge is 2.20. The zero-order chi connectivity index (χ0) is 17.8. The first-order valence-corrected chi connectivity index (χ1v) is 9.56. The van der Waals surface area contributed by atoms with E-state index < -0.39 is 0 Å². The lowest BCUT2D eigenvalue weighted by atomic mass is 10.0. The molecule has 0 aliphatic carbocycles. The Hall–Kier alpha value is -2.24. The number of piperidine rings is 1. The molecule has 136 valence electrons. The molecule has 1 aromatic carbocycles. The van der Waals surface area contributed by atoms with Crippen LogP contribution in [0.5, 0.6) is 0 Å². The van der Waals surface area contributed by atoms with Gasteiger partial charge >= 0.3 is 0 Å². The van der Waals surface area contributed by atoms with E-state index in [4.69, 9.17) is 0 Å². The molecule has 5 nitrogen and oxygen atoms in total. The van der Waals surface area contributed by atoms with E-state index in [0.29, 0.717) is 6.04 Å². The molecule has 5 heteroatoms. The Morgan fingerprint density at radius 1 is 1.08 bits per heavy atom. The molecule has 0 radical (unpaired) electrons. The predicted molar refractivity (Wildman–Crippen MR) is 104 cm³/mol. The van der Waals surface area contributed by atoms with Crippen molar-refractivity contribution in [3.05, 3.63) is 48.9 Å². The number of imidazole rings is 1. The first kappa shape index (κ1) is 17.2. The number of rotatable bonds is 6. The summed E-state index contributed by atoms with van der Waals surface area (Å²) in [6.45, 7) is 3.36. The van der Waals surface area contributed by atoms with Crippen LogP contribution in [0.25, 0.3) is 22.3 Å². The second-order valence-corrected chi connectivity index (χ2v) is 7.08. The number of aromatic nitrogens is 3. The molecule has 0 bridgehead atoms. The molecule has 1 unspecified atom stereocenters. The molecule has 26 heavy (non-hydrogen) atoms. The minimum Gasteiger partial charge on any atom is -0.395 e. The number of fused-ring (bicyclic) bond motifs is 1. The summed E-state index contributed by atoms with van der Waals surface area (Å²) in [5.74, 6) is 1.01. The molecule has 0 amide bonds. The van der Waals surface area contributed by atoms with Crippen molar-refractivity contribution in [2.24, 2.45) is 0 Å². The van der Waals surface area contributed by atoms with Crippen molar-refractivity contribution in [3.63, 3.8) is 0 Å². The molecule has 0 spiro atoms. The molecule has 2 aromatic heterocycles. The second-order valence-electron chi connectivity index (χ2n) is 7.08. The highest BCUT2D eigenvalue weighted by atomic mass is 16.3. The van der Waals surface area contributed by atoms with Gasteiger partial charge in [0.05, 0.1) is 12.1 Å². The van der Waals surface area contributed by atoms with E-state index in [9.17, 15) is 5.11 Å². The third-order valence-corrected chi connectivity index (χ3v) is 5.38. The Kier molecular flexibility index (Phi) is 5.27. The van der Waals surface area contributed by atoms with Gasteiger partial charge in [-0.25, -0.2) is 4.98 Å². The standard InChI is InChI=1S/C21H26N4O/c26-16-19-6-1-2-11-24(19)12-4-13-25-14-10-23-21(25)18-7-8-20-17(15-18)5-3-9-22-20/h3,5,7-10,14-15,19,26H,1-2,4,6,11-13,16H2. The molecule has 1 fully saturated rings. The maximum atomic E-state index is 9.56. The third-order valence-electron chi connectivity index (χ3n) is 5.38. The highest BCUT2D eigenvalue weighted by Crippen LogP contribution is 2.23. The van der Waals surface area contributed by atoms with E-state index in [-0.39, 0.29) is 6.61 Å². The number of hydrogen-bond acceptors (Lipinski definition) is 4. The van der Waals surface area contributed by atoms with Crippen molar-refractivity contribution in [1.29, 1.82) is 0 Å². The van der Waals surface area contributed by atoms with E-state index in [1.807, 2.05) is 18.5 Å². The molecular formula is C21H26N4O. The van der Waals surface area contributed by atoms with E-state index in [1.54, 1.807) is 0 Å². The number of pyridine rings is 1. The Morgan fingerprint density at radius 2 is 2.04 bits per heavy atom. The quantitative estimate of drug-likeness (QED) is 0.741. The van der Waals surface area contributed by atoms with Gasteiger partial charge in [-0.15, -0.1) is 0 Å². The van der Waals surface area contributed by atoms with Crippen LogP contribution in [0.1, 0.15) is 25.7 Å². The van der Waals surface area contributed by atoms with Crippen molar-refractivity contribution in [2.45, 2.75) is 38.3 Å². The lowest BCUT2D eigenvalue weighted by molar-refractivity contribution is 0.0882. The van der Waals surface area contributed by atoms with E-state index in [1.165, 1.54) is 12.8 Å². The van der Waals surface area contributed by atoms with Crippen LogP contribution in [0.3, 0.4) is 0 Å². The monoisotopic (exact) mass is 350 g/mol. The maximum absolute atomic E-state index is 9.56. The Bertz CT molecular complexity index is 860. The smallest absolute Gasteiger partial charge is 0.139 e. The molecule has 1 N–H and O–H groups in total. The Labute approximate surface area is 154 Å². The third kappa shape index (κ3) is 3.64. The summed E-state index contributed by atoms with van der Waals surface area (Å²) in [6.07, 6.45) is 10.4. The van der Waals surface area contributed by atoms with Crippen molar-refractivity contribution in [1.82, 2.24) is 19.4 Å². The van der Waals surface area contributed by atoms with Gasteiger partial charge in [-0.3, -0.25) is 9.88 Å². The summed E-state index contributed by atoms with van der Waals surface area (Å²) in [7, 11) is 0. The van der Waals surface area contributed by atoms with Crippen molar-refractivity contribution in [3.8, 4) is 11.4 Å². The van der Waals surface area contributed by atoms with Gasteiger partial charge in [0.25, 0.3) is 0 Å². The highest BCUT2D eigenvalue weighted by molar-refractivity contribution is 5.83. The molecule has 0 saturated carbocycles. The lowest BCUT2D eigenvalue weighted by Gasteiger charge is -2.34. The maximum Gasteiger partial charge on any atom is 0.139 e. The summed E-state index contributed by atoms with van der Waals surface area (Å²) in [6, 6.07) is 10.7. The summed E-state index contributed by atoms with van der Waals surface area (Å²) in [5.41, 5.74) is 2.14. The van der Waals surface area contributed by atoms with E-state index in [0.717, 1.165) is 54.8 Å². The number of likely N-dealkylation sites (tertiary alicyclic amines) is 1. The van der Waals surface area contributed by atoms with Gasteiger partial charge < -0.3 is 9.67 Å². The van der Waals surface area contributed by atoms with Crippen LogP contribution in [0, 0.1) is 0 Å². The van der Waals surface area contributed by atoms with Crippen LogP contribution in [0.2, 0.25) is 0 Å². The number of aliphatic hydroxyl groups excluding tert-OH is 1. The summed E-state index contributed by atoms with van der Waals surface area (Å²) in [5, 5.41) is 10.7. The van der Waals surface area contributed by atoms with Crippen molar-refractivity contribution < 1.29 is 5.11 Å². The fourth-order valence-corrected chi connectivity index (χ4v) is 3.97. The van der Waals surface area contributed by atoms with Gasteiger partial charge in [-0.05, 0) is 50.1 Å². The lowest BCUT2D eigenvalue weighted by Crippen LogP contribution is -2.42. The van der Waals surface area contributed by atoms with Crippen LogP contribution in [-0.4, -0.2) is 50.3 Å². The number of hydrogen-bond donors (Lipinski definition) is 1. The number of benzene rings is 1. The first-order chi connectivity index (χ1) is 12.8. The normalized spacial score (nSPS) is 18.4. The molecule has 3 aromatic rings. The molecular weight excluding hydrogens is 324 g/mol. The number of nitrogens with zero attached hydrogens (tertiary/aromatic N) is 4. The minimum absolute atomic E-state index is 0.279. The fraction of sp³-hybridized carbons (Fsp3) is 0.429. The van der Waals surface area contributed by atoms with Crippen molar-refractivity contribution in [2.75, 3.05) is 19.7 Å². The predicted octanol–water partition coefficient (Wildman–Crippen LogP) is 3.34. The van der Waals surface area contributed by atoms with Gasteiger partial charge in [0, 0.05) is 48.7 Å². The molecule has 1 saturated heterocycles. The number of aliphatic hydroxyl groups is 1. The van der Waals surface area contributed by atoms with Gasteiger partial charge in [0.1, 0.15) is 5.82 Å². The largest absolute Gasteiger partial charge is 0.395 e. The van der Waals surface area contributed by atoms with Crippen molar-refractivity contribution >= 4 is 10.9 Å². The zero-order valence-corrected chi connectivity index (χ0v) is 15.1. The van der Waals surface area contributed by atoms with Gasteiger partial charge in [0.15, 0.2) is 0 Å². The first-order valence-electron chi connectivity index (χ1n) is 9.56. The van der Waals surface area contributed by atoms with Crippen LogP contribution >= 0.6 is 0 Å². The van der Waals surface area contributed by atoms with E-state index >= 15 is 0 Å². The second kappa shape index (κ2) is 7.98. The minimum atomic E-state index is 0.279. The Morgan fingerprint density at radius 3 is 2.96 bits per heavy atom. The van der Waals surface area contributed by atoms with Gasteiger partial charge in [-0.2, -0.15) is 0 Å².